The van der Waals surface area contributed by atoms with Gasteiger partial charge in [0.2, 0.25) is 5.60 Å². The highest BCUT2D eigenvalue weighted by Crippen LogP contribution is 2.41. The van der Waals surface area contributed by atoms with Crippen molar-refractivity contribution in [2.45, 2.75) is 5.60 Å². The van der Waals surface area contributed by atoms with Crippen LogP contribution in [0.3, 0.4) is 0 Å². The molecule has 36 heavy (non-hydrogen) atoms. The second-order valence-electron chi connectivity index (χ2n) is 8.32. The van der Waals surface area contributed by atoms with Gasteiger partial charge < -0.3 is 4.84 Å². The van der Waals surface area contributed by atoms with Gasteiger partial charge in [-0.3, -0.25) is 0 Å². The number of nitrogens with zero attached hydrogens (tertiary/aromatic N) is 1. The van der Waals surface area contributed by atoms with Gasteiger partial charge in [-0.15, -0.1) is 0 Å². The summed E-state index contributed by atoms with van der Waals surface area (Å²) in [7, 11) is 0. The molecule has 5 aromatic rings. The van der Waals surface area contributed by atoms with Crippen LogP contribution in [0.1, 0.15) is 27.8 Å². The predicted molar refractivity (Wildman–Crippen MR) is 149 cm³/mol. The quantitative estimate of drug-likeness (QED) is 0.122. The number of benzene rings is 5. The molecule has 0 aliphatic carbocycles. The Balaban J connectivity index is 1.76. The highest BCUT2D eigenvalue weighted by Gasteiger charge is 2.40. The number of oxime groups is 1. The van der Waals surface area contributed by atoms with Gasteiger partial charge in [0.05, 0.1) is 0 Å². The van der Waals surface area contributed by atoms with Crippen LogP contribution in [0.2, 0.25) is 10.0 Å². The van der Waals surface area contributed by atoms with Crippen LogP contribution in [0.4, 0.5) is 0 Å². The first-order valence-corrected chi connectivity index (χ1v) is 12.4. The van der Waals surface area contributed by atoms with Crippen molar-refractivity contribution in [1.82, 2.24) is 0 Å². The Morgan fingerprint density at radius 1 is 0.472 bits per heavy atom. The summed E-state index contributed by atoms with van der Waals surface area (Å²) < 4.78 is 0. The van der Waals surface area contributed by atoms with Crippen LogP contribution in [0.15, 0.2) is 145 Å². The Hall–Kier alpha value is -3.85. The summed E-state index contributed by atoms with van der Waals surface area (Å²) in [6, 6.07) is 45.5. The molecule has 176 valence electrons. The molecule has 2 nitrogen and oxygen atoms in total. The topological polar surface area (TPSA) is 21.6 Å². The molecule has 5 rings (SSSR count). The Labute approximate surface area is 221 Å². The molecule has 0 amide bonds. The first-order chi connectivity index (χ1) is 17.7. The highest BCUT2D eigenvalue weighted by atomic mass is 35.5. The minimum Gasteiger partial charge on any atom is -0.374 e. The summed E-state index contributed by atoms with van der Waals surface area (Å²) in [5, 5.41) is 6.16. The Kier molecular flexibility index (Phi) is 7.18. The van der Waals surface area contributed by atoms with E-state index in [1.54, 1.807) is 0 Å². The molecule has 0 radical (unpaired) electrons. The Bertz CT molecular complexity index is 1350. The SMILES string of the molecule is Clc1ccc(C(ON=C(c2ccccc2)c2ccccc2)(c2ccccc2)c2ccc(Cl)cc2)cc1. The lowest BCUT2D eigenvalue weighted by atomic mass is 9.80. The molecule has 0 spiro atoms. The summed E-state index contributed by atoms with van der Waals surface area (Å²) in [6.07, 6.45) is 0. The van der Waals surface area contributed by atoms with Crippen molar-refractivity contribution in [1.29, 1.82) is 0 Å². The first kappa shape index (κ1) is 23.9. The largest absolute Gasteiger partial charge is 0.374 e. The third-order valence-corrected chi connectivity index (χ3v) is 6.55. The fraction of sp³-hybridized carbons (Fsp3) is 0.0312. The number of halogens is 2. The lowest BCUT2D eigenvalue weighted by Crippen LogP contribution is -2.31. The summed E-state index contributed by atoms with van der Waals surface area (Å²) >= 11 is 12.6. The van der Waals surface area contributed by atoms with Crippen LogP contribution in [0.25, 0.3) is 0 Å². The molecule has 0 aliphatic heterocycles. The molecule has 0 saturated heterocycles. The molecule has 0 aromatic heterocycles. The van der Waals surface area contributed by atoms with Gasteiger partial charge in [-0.1, -0.05) is 144 Å². The van der Waals surface area contributed by atoms with Crippen molar-refractivity contribution in [3.8, 4) is 0 Å². The third-order valence-electron chi connectivity index (χ3n) is 6.05. The summed E-state index contributed by atoms with van der Waals surface area (Å²) in [5.74, 6) is 0. The zero-order valence-corrected chi connectivity index (χ0v) is 20.9. The zero-order valence-electron chi connectivity index (χ0n) is 19.4. The van der Waals surface area contributed by atoms with Crippen molar-refractivity contribution in [3.05, 3.63) is 177 Å². The molecule has 0 saturated carbocycles. The van der Waals surface area contributed by atoms with Crippen molar-refractivity contribution in [2.24, 2.45) is 5.16 Å². The molecular formula is C32H23Cl2NO. The molecule has 0 atom stereocenters. The normalized spacial score (nSPS) is 11.1. The van der Waals surface area contributed by atoms with Gasteiger partial charge in [-0.25, -0.2) is 0 Å². The van der Waals surface area contributed by atoms with E-state index in [1.165, 1.54) is 0 Å². The fourth-order valence-corrected chi connectivity index (χ4v) is 4.53. The van der Waals surface area contributed by atoms with Crippen LogP contribution in [0.5, 0.6) is 0 Å². The van der Waals surface area contributed by atoms with Crippen LogP contribution in [-0.2, 0) is 10.4 Å². The smallest absolute Gasteiger partial charge is 0.212 e. The van der Waals surface area contributed by atoms with E-state index in [0.29, 0.717) is 10.0 Å². The maximum absolute atomic E-state index is 6.74. The Morgan fingerprint density at radius 3 is 1.25 bits per heavy atom. The van der Waals surface area contributed by atoms with Crippen molar-refractivity contribution in [3.63, 3.8) is 0 Å². The number of rotatable bonds is 7. The second kappa shape index (κ2) is 10.8. The summed E-state index contributed by atoms with van der Waals surface area (Å²) in [4.78, 5) is 6.74. The highest BCUT2D eigenvalue weighted by molar-refractivity contribution is 6.30. The zero-order chi connectivity index (χ0) is 24.8. The van der Waals surface area contributed by atoms with Crippen LogP contribution in [-0.4, -0.2) is 5.71 Å². The summed E-state index contributed by atoms with van der Waals surface area (Å²) in [5.41, 5.74) is 4.31. The predicted octanol–water partition coefficient (Wildman–Crippen LogP) is 8.75. The van der Waals surface area contributed by atoms with E-state index in [-0.39, 0.29) is 0 Å². The lowest BCUT2D eigenvalue weighted by Gasteiger charge is -2.33. The van der Waals surface area contributed by atoms with Gasteiger partial charge in [0.15, 0.2) is 0 Å². The molecule has 0 N–H and O–H groups in total. The maximum Gasteiger partial charge on any atom is 0.212 e. The van der Waals surface area contributed by atoms with E-state index in [2.05, 4.69) is 0 Å². The molecule has 4 heteroatoms. The molecular weight excluding hydrogens is 485 g/mol. The Morgan fingerprint density at radius 2 is 0.833 bits per heavy atom. The van der Waals surface area contributed by atoms with Gasteiger partial charge in [0, 0.05) is 37.9 Å². The van der Waals surface area contributed by atoms with Gasteiger partial charge in [-0.2, -0.15) is 0 Å². The standard InChI is InChI=1S/C32H23Cl2NO/c33-29-20-16-27(17-21-29)32(26-14-8-3-9-15-26,28-18-22-30(34)23-19-28)36-35-31(24-10-4-1-5-11-24)25-12-6-2-7-13-25/h1-23H. The third kappa shape index (κ3) is 4.92. The molecule has 0 fully saturated rings. The van der Waals surface area contributed by atoms with Gasteiger partial charge in [-0.05, 0) is 24.3 Å². The van der Waals surface area contributed by atoms with E-state index in [1.807, 2.05) is 140 Å². The average Bonchev–Trinajstić information content (AvgIpc) is 2.94. The second-order valence-corrected chi connectivity index (χ2v) is 9.20. The first-order valence-electron chi connectivity index (χ1n) is 11.6. The summed E-state index contributed by atoms with van der Waals surface area (Å²) in [6.45, 7) is 0. The van der Waals surface area contributed by atoms with E-state index in [9.17, 15) is 0 Å². The van der Waals surface area contributed by atoms with Crippen LogP contribution >= 0.6 is 23.2 Å². The average molecular weight is 508 g/mol. The number of hydrogen-bond acceptors (Lipinski definition) is 2. The minimum absolute atomic E-state index is 0.648. The molecule has 0 unspecified atom stereocenters. The van der Waals surface area contributed by atoms with E-state index in [0.717, 1.165) is 33.5 Å². The minimum atomic E-state index is -1.05. The molecule has 5 aromatic carbocycles. The van der Waals surface area contributed by atoms with Crippen molar-refractivity contribution < 1.29 is 4.84 Å². The van der Waals surface area contributed by atoms with Gasteiger partial charge in [0.25, 0.3) is 0 Å². The number of hydrogen-bond donors (Lipinski definition) is 0. The lowest BCUT2D eigenvalue weighted by molar-refractivity contribution is 0.0175. The van der Waals surface area contributed by atoms with Crippen molar-refractivity contribution in [2.75, 3.05) is 0 Å². The van der Waals surface area contributed by atoms with Crippen LogP contribution < -0.4 is 0 Å². The monoisotopic (exact) mass is 507 g/mol. The molecule has 0 aliphatic rings. The van der Waals surface area contributed by atoms with Crippen LogP contribution in [0, 0.1) is 0 Å². The molecule has 0 bridgehead atoms. The van der Waals surface area contributed by atoms with E-state index in [4.69, 9.17) is 33.2 Å². The van der Waals surface area contributed by atoms with Crippen molar-refractivity contribution >= 4 is 28.9 Å². The van der Waals surface area contributed by atoms with Gasteiger partial charge in [0.1, 0.15) is 5.71 Å². The maximum atomic E-state index is 6.74. The molecule has 0 heterocycles. The van der Waals surface area contributed by atoms with E-state index >= 15 is 0 Å². The fourth-order valence-electron chi connectivity index (χ4n) is 4.28. The van der Waals surface area contributed by atoms with E-state index < -0.39 is 5.60 Å². The van der Waals surface area contributed by atoms with Gasteiger partial charge >= 0.3 is 0 Å².